The Kier molecular flexibility index (Phi) is 6.01. The number of rotatable bonds is 5. The van der Waals surface area contributed by atoms with Crippen LogP contribution in [0.5, 0.6) is 0 Å². The van der Waals surface area contributed by atoms with Gasteiger partial charge in [0.1, 0.15) is 16.9 Å². The van der Waals surface area contributed by atoms with E-state index in [1.54, 1.807) is 17.0 Å². The first-order valence-electron chi connectivity index (χ1n) is 9.65. The van der Waals surface area contributed by atoms with Crippen molar-refractivity contribution in [3.05, 3.63) is 69.7 Å². The van der Waals surface area contributed by atoms with Crippen molar-refractivity contribution >= 4 is 22.4 Å². The average Bonchev–Trinajstić information content (AvgIpc) is 3.14. The Bertz CT molecular complexity index is 1040. The lowest BCUT2D eigenvalue weighted by molar-refractivity contribution is -0.138. The average molecular weight is 428 g/mol. The quantitative estimate of drug-likeness (QED) is 0.673. The van der Waals surface area contributed by atoms with Gasteiger partial charge in [0.2, 0.25) is 11.0 Å². The molecule has 3 heterocycles. The first-order valence-corrected chi connectivity index (χ1v) is 10.5. The van der Waals surface area contributed by atoms with Crippen LogP contribution in [0.2, 0.25) is 0 Å². The predicted molar refractivity (Wildman–Crippen MR) is 111 cm³/mol. The van der Waals surface area contributed by atoms with E-state index < -0.39 is 0 Å². The summed E-state index contributed by atoms with van der Waals surface area (Å²) >= 11 is 1.22. The van der Waals surface area contributed by atoms with Gasteiger partial charge in [-0.3, -0.25) is 9.78 Å². The fourth-order valence-corrected chi connectivity index (χ4v) is 4.11. The van der Waals surface area contributed by atoms with Crippen LogP contribution in [0.1, 0.15) is 33.6 Å². The number of carbonyl (C=O) groups is 1. The number of halogens is 1. The van der Waals surface area contributed by atoms with Crippen LogP contribution in [0.25, 0.3) is 0 Å². The van der Waals surface area contributed by atoms with Gasteiger partial charge in [-0.2, -0.15) is 0 Å². The van der Waals surface area contributed by atoms with Gasteiger partial charge in [-0.15, -0.1) is 10.2 Å². The Morgan fingerprint density at radius 2 is 2.07 bits per heavy atom. The van der Waals surface area contributed by atoms with Gasteiger partial charge in [-0.05, 0) is 48.7 Å². The molecule has 0 saturated carbocycles. The van der Waals surface area contributed by atoms with Crippen molar-refractivity contribution in [2.45, 2.75) is 25.9 Å². The highest BCUT2D eigenvalue weighted by molar-refractivity contribution is 7.15. The van der Waals surface area contributed by atoms with Crippen LogP contribution in [-0.2, 0) is 22.4 Å². The summed E-state index contributed by atoms with van der Waals surface area (Å²) in [6, 6.07) is 10.5. The molecule has 2 N–H and O–H groups in total. The Balaban J connectivity index is 1.46. The van der Waals surface area contributed by atoms with Crippen LogP contribution in [0, 0.1) is 12.7 Å². The number of hydrogen-bond donors (Lipinski definition) is 1. The number of aryl methyl sites for hydroxylation is 1. The lowest BCUT2D eigenvalue weighted by Crippen LogP contribution is -2.43. The van der Waals surface area contributed by atoms with Crippen molar-refractivity contribution in [1.29, 1.82) is 0 Å². The monoisotopic (exact) mass is 427 g/mol. The summed E-state index contributed by atoms with van der Waals surface area (Å²) in [5, 5.41) is 8.65. The number of nitrogens with zero attached hydrogens (tertiary/aromatic N) is 4. The molecule has 1 atom stereocenters. The van der Waals surface area contributed by atoms with Gasteiger partial charge in [0.25, 0.3) is 0 Å². The lowest BCUT2D eigenvalue weighted by Gasteiger charge is -2.32. The highest BCUT2D eigenvalue weighted by Gasteiger charge is 2.27. The van der Waals surface area contributed by atoms with E-state index in [4.69, 9.17) is 10.5 Å². The summed E-state index contributed by atoms with van der Waals surface area (Å²) in [5.74, 6) is -0.277. The summed E-state index contributed by atoms with van der Waals surface area (Å²) in [6.07, 6.45) is 0.553. The third kappa shape index (κ3) is 4.98. The standard InChI is InChI=1S/C21H22FN5O2S/c1-13-8-15(9-14-2-4-16(22)5-3-14)10-17(24-13)18-12-27(6-7-29-18)20(28)11-19-25-26-21(23)30-19/h2-5,8,10,18H,6-7,9,11-12H2,1H3,(H2,23,26)/t18-/m0/s1. The van der Waals surface area contributed by atoms with Crippen LogP contribution in [0.4, 0.5) is 9.52 Å². The van der Waals surface area contributed by atoms with Gasteiger partial charge >= 0.3 is 0 Å². The maximum absolute atomic E-state index is 13.2. The molecule has 1 amide bonds. The third-order valence-electron chi connectivity index (χ3n) is 4.89. The van der Waals surface area contributed by atoms with Crippen molar-refractivity contribution in [3.63, 3.8) is 0 Å². The summed E-state index contributed by atoms with van der Waals surface area (Å²) in [5.41, 5.74) is 9.36. The molecule has 7 nitrogen and oxygen atoms in total. The van der Waals surface area contributed by atoms with Gasteiger partial charge in [-0.1, -0.05) is 23.5 Å². The predicted octanol–water partition coefficient (Wildman–Crippen LogP) is 2.70. The van der Waals surface area contributed by atoms with E-state index in [9.17, 15) is 9.18 Å². The molecule has 0 spiro atoms. The van der Waals surface area contributed by atoms with Crippen molar-refractivity contribution in [1.82, 2.24) is 20.1 Å². The van der Waals surface area contributed by atoms with Gasteiger partial charge in [-0.25, -0.2) is 4.39 Å². The van der Waals surface area contributed by atoms with E-state index in [0.717, 1.165) is 22.5 Å². The topological polar surface area (TPSA) is 94.2 Å². The van der Waals surface area contributed by atoms with E-state index in [1.165, 1.54) is 23.5 Å². The number of ether oxygens (including phenoxy) is 1. The van der Waals surface area contributed by atoms with E-state index in [2.05, 4.69) is 15.2 Å². The largest absolute Gasteiger partial charge is 0.374 e. The van der Waals surface area contributed by atoms with Crippen molar-refractivity contribution in [2.24, 2.45) is 0 Å². The molecule has 1 aliphatic heterocycles. The maximum Gasteiger partial charge on any atom is 0.229 e. The number of anilines is 1. The third-order valence-corrected chi connectivity index (χ3v) is 5.64. The maximum atomic E-state index is 13.2. The lowest BCUT2D eigenvalue weighted by atomic mass is 10.0. The molecule has 4 rings (SSSR count). The zero-order valence-corrected chi connectivity index (χ0v) is 17.4. The Morgan fingerprint density at radius 1 is 1.27 bits per heavy atom. The van der Waals surface area contributed by atoms with Gasteiger partial charge in [0.15, 0.2) is 0 Å². The molecular weight excluding hydrogens is 405 g/mol. The minimum atomic E-state index is -0.297. The van der Waals surface area contributed by atoms with Crippen LogP contribution < -0.4 is 5.73 Å². The molecule has 1 aromatic carbocycles. The first kappa shape index (κ1) is 20.4. The zero-order valence-electron chi connectivity index (χ0n) is 16.5. The number of carbonyl (C=O) groups excluding carboxylic acids is 1. The van der Waals surface area contributed by atoms with Crippen LogP contribution >= 0.6 is 11.3 Å². The van der Waals surface area contributed by atoms with Gasteiger partial charge < -0.3 is 15.4 Å². The Morgan fingerprint density at radius 3 is 2.80 bits per heavy atom. The van der Waals surface area contributed by atoms with E-state index in [1.807, 2.05) is 19.1 Å². The molecule has 0 unspecified atom stereocenters. The number of aromatic nitrogens is 3. The molecule has 0 aliphatic carbocycles. The summed E-state index contributed by atoms with van der Waals surface area (Å²) in [4.78, 5) is 19.1. The molecule has 30 heavy (non-hydrogen) atoms. The van der Waals surface area contributed by atoms with Crippen LogP contribution in [0.3, 0.4) is 0 Å². The molecule has 0 bridgehead atoms. The van der Waals surface area contributed by atoms with Crippen LogP contribution in [0.15, 0.2) is 36.4 Å². The summed E-state index contributed by atoms with van der Waals surface area (Å²) < 4.78 is 19.1. The number of amides is 1. The minimum absolute atomic E-state index is 0.0290. The Labute approximate surface area is 177 Å². The summed E-state index contributed by atoms with van der Waals surface area (Å²) in [7, 11) is 0. The highest BCUT2D eigenvalue weighted by atomic mass is 32.1. The molecule has 0 radical (unpaired) electrons. The molecule has 156 valence electrons. The molecule has 9 heteroatoms. The van der Waals surface area contributed by atoms with Crippen molar-refractivity contribution < 1.29 is 13.9 Å². The van der Waals surface area contributed by atoms with E-state index in [0.29, 0.717) is 36.3 Å². The fourth-order valence-electron chi connectivity index (χ4n) is 3.51. The van der Waals surface area contributed by atoms with E-state index >= 15 is 0 Å². The Hall–Kier alpha value is -2.91. The zero-order chi connectivity index (χ0) is 21.1. The first-order chi connectivity index (χ1) is 14.5. The molecule has 1 saturated heterocycles. The van der Waals surface area contributed by atoms with Crippen LogP contribution in [-0.4, -0.2) is 45.7 Å². The molecule has 3 aromatic rings. The highest BCUT2D eigenvalue weighted by Crippen LogP contribution is 2.24. The number of nitrogen functional groups attached to an aromatic ring is 1. The van der Waals surface area contributed by atoms with Gasteiger partial charge in [0, 0.05) is 12.2 Å². The number of benzene rings is 1. The number of pyridine rings is 1. The molecular formula is C21H22FN5O2S. The second kappa shape index (κ2) is 8.85. The van der Waals surface area contributed by atoms with Crippen molar-refractivity contribution in [3.8, 4) is 0 Å². The molecule has 1 aliphatic rings. The second-order valence-corrected chi connectivity index (χ2v) is 8.35. The van der Waals surface area contributed by atoms with Gasteiger partial charge in [0.05, 0.1) is 25.3 Å². The molecule has 1 fully saturated rings. The number of hydrogen-bond acceptors (Lipinski definition) is 7. The second-order valence-electron chi connectivity index (χ2n) is 7.25. The SMILES string of the molecule is Cc1cc(Cc2ccc(F)cc2)cc([C@@H]2CN(C(=O)Cc3nnc(N)s3)CCO2)n1. The van der Waals surface area contributed by atoms with Crippen molar-refractivity contribution in [2.75, 3.05) is 25.4 Å². The normalized spacial score (nSPS) is 16.6. The minimum Gasteiger partial charge on any atom is -0.374 e. The fraction of sp³-hybridized carbons (Fsp3) is 0.333. The number of morpholine rings is 1. The summed E-state index contributed by atoms with van der Waals surface area (Å²) in [6.45, 7) is 3.33. The smallest absolute Gasteiger partial charge is 0.229 e. The molecule has 2 aromatic heterocycles. The number of nitrogens with two attached hydrogens (primary N) is 1. The van der Waals surface area contributed by atoms with E-state index in [-0.39, 0.29) is 24.2 Å².